The molecule has 0 saturated carbocycles. The molecular weight excluding hydrogens is 476 g/mol. The molecule has 0 aliphatic heterocycles. The molecule has 1 heterocycles. The van der Waals surface area contributed by atoms with Crippen molar-refractivity contribution >= 4 is 30.7 Å². The summed E-state index contributed by atoms with van der Waals surface area (Å²) in [6, 6.07) is 14.4. The second-order valence-corrected chi connectivity index (χ2v) is 11.3. The van der Waals surface area contributed by atoms with Gasteiger partial charge in [0.25, 0.3) is 0 Å². The Balaban J connectivity index is 1.97. The van der Waals surface area contributed by atoms with Crippen molar-refractivity contribution in [2.75, 3.05) is 14.2 Å². The molecule has 0 atom stereocenters. The average Bonchev–Trinajstić information content (AvgIpc) is 2.84. The molecule has 0 saturated heterocycles. The second-order valence-electron chi connectivity index (χ2n) is 7.51. The minimum absolute atomic E-state index is 0.00601. The largest absolute Gasteiger partial charge is 0.497 e. The highest BCUT2D eigenvalue weighted by molar-refractivity contribution is 7.92. The summed E-state index contributed by atoms with van der Waals surface area (Å²) < 4.78 is 64.1. The van der Waals surface area contributed by atoms with Gasteiger partial charge in [0.1, 0.15) is 22.5 Å². The molecule has 3 aromatic carbocycles. The fourth-order valence-electron chi connectivity index (χ4n) is 3.45. The van der Waals surface area contributed by atoms with Crippen LogP contribution in [0.4, 0.5) is 0 Å². The number of hydrogen-bond donors (Lipinski definition) is 0. The third-order valence-electron chi connectivity index (χ3n) is 5.48. The van der Waals surface area contributed by atoms with E-state index in [1.807, 2.05) is 0 Å². The predicted molar refractivity (Wildman–Crippen MR) is 126 cm³/mol. The number of benzene rings is 3. The molecule has 1 aromatic heterocycles. The highest BCUT2D eigenvalue weighted by Crippen LogP contribution is 2.34. The van der Waals surface area contributed by atoms with Crippen LogP contribution in [-0.4, -0.2) is 41.0 Å². The van der Waals surface area contributed by atoms with Crippen LogP contribution >= 0.6 is 0 Å². The van der Waals surface area contributed by atoms with Crippen LogP contribution in [0.25, 0.3) is 11.0 Å². The summed E-state index contributed by atoms with van der Waals surface area (Å²) in [6.07, 6.45) is 0. The average molecular weight is 499 g/mol. The Hall–Kier alpha value is -3.50. The van der Waals surface area contributed by atoms with Crippen LogP contribution in [0, 0.1) is 13.8 Å². The number of ether oxygens (including phenoxy) is 2. The van der Waals surface area contributed by atoms with Crippen LogP contribution < -0.4 is 9.47 Å². The van der Waals surface area contributed by atoms with E-state index in [-0.39, 0.29) is 30.6 Å². The quantitative estimate of drug-likeness (QED) is 0.393. The van der Waals surface area contributed by atoms with Crippen LogP contribution in [0.5, 0.6) is 11.5 Å². The molecule has 176 valence electrons. The van der Waals surface area contributed by atoms with Gasteiger partial charge >= 0.3 is 0 Å². The zero-order valence-corrected chi connectivity index (χ0v) is 20.6. The summed E-state index contributed by atoms with van der Waals surface area (Å²) in [6.45, 7) is 3.38. The minimum atomic E-state index is -4.03. The normalized spacial score (nSPS) is 12.0. The van der Waals surface area contributed by atoms with E-state index in [1.54, 1.807) is 38.1 Å². The standard InChI is InChI=1S/C24H22N2O6S2/c1-15-16(2)26-24-22(34(29,30)20-11-7-18(32-4)8-12-20)14-13-21(23(24)25-15)33(27,28)19-9-5-17(31-3)6-10-19/h5-14H,1-4H3. The van der Waals surface area contributed by atoms with Gasteiger partial charge in [-0.1, -0.05) is 0 Å². The molecule has 10 heteroatoms. The van der Waals surface area contributed by atoms with Crippen molar-refractivity contribution in [3.05, 3.63) is 72.1 Å². The summed E-state index contributed by atoms with van der Waals surface area (Å²) in [5, 5.41) is 0. The SMILES string of the molecule is COc1ccc(S(=O)(=O)c2ccc(S(=O)(=O)c3ccc(OC)cc3)c3nc(C)c(C)nc23)cc1. The Kier molecular flexibility index (Phi) is 6.05. The molecule has 4 aromatic rings. The smallest absolute Gasteiger partial charge is 0.208 e. The lowest BCUT2D eigenvalue weighted by Gasteiger charge is -2.13. The molecule has 0 radical (unpaired) electrons. The Morgan fingerprint density at radius 2 is 0.882 bits per heavy atom. The predicted octanol–water partition coefficient (Wildman–Crippen LogP) is 3.93. The van der Waals surface area contributed by atoms with E-state index in [2.05, 4.69) is 9.97 Å². The van der Waals surface area contributed by atoms with Crippen molar-refractivity contribution in [1.82, 2.24) is 9.97 Å². The Labute approximate surface area is 198 Å². The lowest BCUT2D eigenvalue weighted by Crippen LogP contribution is -2.10. The van der Waals surface area contributed by atoms with Gasteiger partial charge in [-0.25, -0.2) is 26.8 Å². The Morgan fingerprint density at radius 3 is 1.18 bits per heavy atom. The monoisotopic (exact) mass is 498 g/mol. The lowest BCUT2D eigenvalue weighted by molar-refractivity contribution is 0.414. The molecule has 8 nitrogen and oxygen atoms in total. The molecule has 0 aliphatic rings. The molecule has 0 amide bonds. The maximum atomic E-state index is 13.5. The van der Waals surface area contributed by atoms with Crippen molar-refractivity contribution in [2.24, 2.45) is 0 Å². The van der Waals surface area contributed by atoms with Gasteiger partial charge in [0, 0.05) is 0 Å². The van der Waals surface area contributed by atoms with E-state index in [0.717, 1.165) is 0 Å². The second kappa shape index (κ2) is 8.69. The number of nitrogens with zero attached hydrogens (tertiary/aromatic N) is 2. The first-order valence-corrected chi connectivity index (χ1v) is 13.1. The van der Waals surface area contributed by atoms with Crippen LogP contribution in [0.2, 0.25) is 0 Å². The number of hydrogen-bond acceptors (Lipinski definition) is 8. The highest BCUT2D eigenvalue weighted by atomic mass is 32.2. The van der Waals surface area contributed by atoms with Gasteiger partial charge in [0.2, 0.25) is 19.7 Å². The molecule has 0 spiro atoms. The first-order valence-electron chi connectivity index (χ1n) is 10.2. The van der Waals surface area contributed by atoms with E-state index in [1.165, 1.54) is 50.6 Å². The van der Waals surface area contributed by atoms with E-state index in [9.17, 15) is 16.8 Å². The van der Waals surface area contributed by atoms with Gasteiger partial charge < -0.3 is 9.47 Å². The number of sulfone groups is 2. The van der Waals surface area contributed by atoms with Crippen molar-refractivity contribution in [1.29, 1.82) is 0 Å². The van der Waals surface area contributed by atoms with E-state index in [0.29, 0.717) is 22.9 Å². The summed E-state index contributed by atoms with van der Waals surface area (Å²) in [5.74, 6) is 1.02. The van der Waals surface area contributed by atoms with Crippen LogP contribution in [0.1, 0.15) is 11.4 Å². The summed E-state index contributed by atoms with van der Waals surface area (Å²) in [7, 11) is -5.08. The van der Waals surface area contributed by atoms with Gasteiger partial charge in [-0.2, -0.15) is 0 Å². The number of rotatable bonds is 6. The Morgan fingerprint density at radius 1 is 0.559 bits per heavy atom. The number of methoxy groups -OCH3 is 2. The lowest BCUT2D eigenvalue weighted by atomic mass is 10.2. The molecule has 0 fully saturated rings. The first kappa shape index (κ1) is 23.7. The first-order chi connectivity index (χ1) is 16.1. The number of aryl methyl sites for hydroxylation is 2. The fourth-order valence-corrected chi connectivity index (χ4v) is 6.24. The van der Waals surface area contributed by atoms with Gasteiger partial charge in [0.05, 0.1) is 45.2 Å². The van der Waals surface area contributed by atoms with E-state index in [4.69, 9.17) is 9.47 Å². The van der Waals surface area contributed by atoms with Gasteiger partial charge in [-0.15, -0.1) is 0 Å². The maximum absolute atomic E-state index is 13.5. The number of fused-ring (bicyclic) bond motifs is 1. The maximum Gasteiger partial charge on any atom is 0.208 e. The summed E-state index contributed by atoms with van der Waals surface area (Å²) >= 11 is 0. The molecule has 34 heavy (non-hydrogen) atoms. The van der Waals surface area contributed by atoms with Gasteiger partial charge in [0.15, 0.2) is 0 Å². The van der Waals surface area contributed by atoms with Gasteiger partial charge in [-0.05, 0) is 74.5 Å². The fraction of sp³-hybridized carbons (Fsp3) is 0.167. The molecule has 0 unspecified atom stereocenters. The highest BCUT2D eigenvalue weighted by Gasteiger charge is 2.28. The molecule has 0 aliphatic carbocycles. The summed E-state index contributed by atoms with van der Waals surface area (Å²) in [5.41, 5.74) is 0.984. The van der Waals surface area contributed by atoms with Crippen molar-refractivity contribution in [3.8, 4) is 11.5 Å². The van der Waals surface area contributed by atoms with E-state index < -0.39 is 19.7 Å². The molecule has 0 N–H and O–H groups in total. The van der Waals surface area contributed by atoms with Crippen LogP contribution in [-0.2, 0) is 19.7 Å². The Bertz CT molecular complexity index is 1470. The topological polar surface area (TPSA) is 113 Å². The zero-order valence-electron chi connectivity index (χ0n) is 18.9. The summed E-state index contributed by atoms with van der Waals surface area (Å²) in [4.78, 5) is 8.69. The van der Waals surface area contributed by atoms with Crippen molar-refractivity contribution in [2.45, 2.75) is 33.4 Å². The van der Waals surface area contributed by atoms with E-state index >= 15 is 0 Å². The third kappa shape index (κ3) is 3.99. The van der Waals surface area contributed by atoms with Crippen molar-refractivity contribution in [3.63, 3.8) is 0 Å². The zero-order chi connectivity index (χ0) is 24.7. The molecule has 0 bridgehead atoms. The molecule has 4 rings (SSSR count). The van der Waals surface area contributed by atoms with Crippen LogP contribution in [0.15, 0.2) is 80.2 Å². The van der Waals surface area contributed by atoms with Gasteiger partial charge in [-0.3, -0.25) is 0 Å². The minimum Gasteiger partial charge on any atom is -0.497 e. The molecular formula is C24H22N2O6S2. The third-order valence-corrected chi connectivity index (χ3v) is 9.08. The van der Waals surface area contributed by atoms with Crippen LogP contribution in [0.3, 0.4) is 0 Å². The van der Waals surface area contributed by atoms with Crippen molar-refractivity contribution < 1.29 is 26.3 Å². The number of aromatic nitrogens is 2.